The molecule has 8 heteroatoms. The van der Waals surface area contributed by atoms with Gasteiger partial charge in [0.2, 0.25) is 6.41 Å². The molecule has 200 valence electrons. The Morgan fingerprint density at radius 3 is 2.81 bits per heavy atom. The fourth-order valence-electron chi connectivity index (χ4n) is 5.43. The van der Waals surface area contributed by atoms with E-state index in [0.717, 1.165) is 48.5 Å². The maximum absolute atomic E-state index is 10.8. The fraction of sp³-hybridized carbons (Fsp3) is 0.552. The van der Waals surface area contributed by atoms with Crippen molar-refractivity contribution in [1.29, 1.82) is 0 Å². The van der Waals surface area contributed by atoms with Crippen LogP contribution in [0.2, 0.25) is 0 Å². The topological polar surface area (TPSA) is 104 Å². The number of pyridine rings is 1. The largest absolute Gasteiger partial charge is 0.493 e. The smallest absolute Gasteiger partial charge is 0.305 e. The molecule has 3 N–H and O–H groups in total. The Kier molecular flexibility index (Phi) is 10.2. The van der Waals surface area contributed by atoms with Crippen LogP contribution in [0.15, 0.2) is 30.3 Å². The highest BCUT2D eigenvalue weighted by molar-refractivity contribution is 5.69. The molecule has 37 heavy (non-hydrogen) atoms. The van der Waals surface area contributed by atoms with Gasteiger partial charge in [-0.3, -0.25) is 9.59 Å². The minimum atomic E-state index is -0.941. The number of benzene rings is 1. The Morgan fingerprint density at radius 2 is 2.00 bits per heavy atom. The number of aliphatic carboxylic acids is 1. The third-order valence-electron chi connectivity index (χ3n) is 7.33. The van der Waals surface area contributed by atoms with E-state index in [4.69, 9.17) is 14.8 Å². The zero-order chi connectivity index (χ0) is 25.9. The van der Waals surface area contributed by atoms with Crippen LogP contribution >= 0.6 is 0 Å². The molecule has 0 radical (unpaired) electrons. The first-order chi connectivity index (χ1) is 18.1. The summed E-state index contributed by atoms with van der Waals surface area (Å²) in [5.41, 5.74) is 4.49. The lowest BCUT2D eigenvalue weighted by Gasteiger charge is -2.26. The fourth-order valence-corrected chi connectivity index (χ4v) is 5.43. The van der Waals surface area contributed by atoms with Crippen LogP contribution in [0.5, 0.6) is 5.75 Å². The zero-order valence-electron chi connectivity index (χ0n) is 21.7. The molecule has 1 aromatic carbocycles. The number of carbonyl (C=O) groups is 2. The lowest BCUT2D eigenvalue weighted by atomic mass is 9.93. The van der Waals surface area contributed by atoms with Crippen LogP contribution in [0.1, 0.15) is 73.4 Å². The van der Waals surface area contributed by atoms with Crippen LogP contribution in [0, 0.1) is 0 Å². The van der Waals surface area contributed by atoms with Gasteiger partial charge in [0, 0.05) is 12.2 Å². The number of hydrogen-bond donors (Lipinski definition) is 3. The van der Waals surface area contributed by atoms with E-state index < -0.39 is 12.0 Å². The lowest BCUT2D eigenvalue weighted by Crippen LogP contribution is -2.30. The number of amides is 1. The van der Waals surface area contributed by atoms with E-state index in [-0.39, 0.29) is 6.42 Å². The number of likely N-dealkylation sites (tertiary alicyclic amines) is 1. The molecular formula is C29H40N4O4. The summed E-state index contributed by atoms with van der Waals surface area (Å²) >= 11 is 0. The number of ether oxygens (including phenoxy) is 1. The molecule has 1 saturated heterocycles. The van der Waals surface area contributed by atoms with E-state index >= 15 is 0 Å². The summed E-state index contributed by atoms with van der Waals surface area (Å²) in [6, 6.07) is 9.53. The number of aryl methyl sites for hydroxylation is 2. The van der Waals surface area contributed by atoms with E-state index in [1.54, 1.807) is 0 Å². The first kappa shape index (κ1) is 26.9. The summed E-state index contributed by atoms with van der Waals surface area (Å²) in [6.45, 7) is 5.61. The second-order valence-electron chi connectivity index (χ2n) is 10.1. The molecule has 0 saturated carbocycles. The van der Waals surface area contributed by atoms with Gasteiger partial charge in [0.1, 0.15) is 11.6 Å². The van der Waals surface area contributed by atoms with Crippen LogP contribution in [0.3, 0.4) is 0 Å². The van der Waals surface area contributed by atoms with Crippen molar-refractivity contribution >= 4 is 18.2 Å². The number of carboxylic acid groups (broad SMARTS) is 1. The Labute approximate surface area is 219 Å². The number of anilines is 1. The molecule has 0 spiro atoms. The van der Waals surface area contributed by atoms with Crippen molar-refractivity contribution in [3.63, 3.8) is 0 Å². The van der Waals surface area contributed by atoms with Crippen LogP contribution in [0.25, 0.3) is 0 Å². The van der Waals surface area contributed by atoms with Gasteiger partial charge in [-0.15, -0.1) is 0 Å². The van der Waals surface area contributed by atoms with Crippen molar-refractivity contribution in [2.75, 3.05) is 38.1 Å². The number of rotatable bonds is 9. The van der Waals surface area contributed by atoms with Crippen molar-refractivity contribution in [2.24, 2.45) is 0 Å². The highest BCUT2D eigenvalue weighted by Gasteiger charge is 2.22. The molecule has 8 nitrogen and oxygen atoms in total. The number of carbonyl (C=O) groups excluding carboxylic acids is 1. The molecule has 1 fully saturated rings. The maximum atomic E-state index is 10.8. The average molecular weight is 509 g/mol. The Morgan fingerprint density at radius 1 is 1.14 bits per heavy atom. The van der Waals surface area contributed by atoms with Gasteiger partial charge in [0.25, 0.3) is 0 Å². The number of fused-ring (bicyclic) bond motifs is 2. The van der Waals surface area contributed by atoms with Crippen LogP contribution in [-0.2, 0) is 28.9 Å². The number of hydrogen-bond acceptors (Lipinski definition) is 6. The Hall–Kier alpha value is -3.13. The highest BCUT2D eigenvalue weighted by Crippen LogP contribution is 2.32. The SMILES string of the molecule is O=CNC(CC(=O)O)c1cccc2c1CCCO2.c1cc2c(nc1CCCN1CCCCC1)NCCC2. The van der Waals surface area contributed by atoms with E-state index in [2.05, 4.69) is 27.7 Å². The maximum Gasteiger partial charge on any atom is 0.305 e. The summed E-state index contributed by atoms with van der Waals surface area (Å²) in [4.78, 5) is 28.8. The predicted octanol–water partition coefficient (Wildman–Crippen LogP) is 4.13. The molecule has 1 atom stereocenters. The minimum absolute atomic E-state index is 0.130. The molecule has 5 rings (SSSR count). The first-order valence-corrected chi connectivity index (χ1v) is 13.7. The number of nitrogens with one attached hydrogen (secondary N) is 2. The summed E-state index contributed by atoms with van der Waals surface area (Å²) in [7, 11) is 0. The van der Waals surface area contributed by atoms with Gasteiger partial charge in [-0.1, -0.05) is 24.6 Å². The summed E-state index contributed by atoms with van der Waals surface area (Å²) in [5.74, 6) is 0.993. The molecule has 1 amide bonds. The highest BCUT2D eigenvalue weighted by atomic mass is 16.5. The van der Waals surface area contributed by atoms with Crippen LogP contribution in [0.4, 0.5) is 5.82 Å². The zero-order valence-corrected chi connectivity index (χ0v) is 21.7. The first-order valence-electron chi connectivity index (χ1n) is 13.7. The van der Waals surface area contributed by atoms with Crippen molar-refractivity contribution in [3.05, 3.63) is 52.7 Å². The molecule has 4 heterocycles. The third-order valence-corrected chi connectivity index (χ3v) is 7.33. The second kappa shape index (κ2) is 14.0. The molecule has 1 unspecified atom stereocenters. The molecule has 0 bridgehead atoms. The van der Waals surface area contributed by atoms with Gasteiger partial charge in [0.05, 0.1) is 19.1 Å². The van der Waals surface area contributed by atoms with E-state index in [9.17, 15) is 9.59 Å². The predicted molar refractivity (Wildman–Crippen MR) is 144 cm³/mol. The normalized spacial score (nSPS) is 17.5. The molecular weight excluding hydrogens is 468 g/mol. The summed E-state index contributed by atoms with van der Waals surface area (Å²) in [5, 5.41) is 14.9. The van der Waals surface area contributed by atoms with E-state index in [0.29, 0.717) is 13.0 Å². The quantitative estimate of drug-likeness (QED) is 0.438. The van der Waals surface area contributed by atoms with Gasteiger partial charge in [-0.25, -0.2) is 4.98 Å². The van der Waals surface area contributed by atoms with Gasteiger partial charge in [0.15, 0.2) is 0 Å². The molecule has 3 aliphatic heterocycles. The number of carboxylic acids is 1. The van der Waals surface area contributed by atoms with Gasteiger partial charge in [-0.2, -0.15) is 0 Å². The standard InChI is InChI=1S/C16H25N3.C13H15NO4/c1-2-11-19(12-3-1)13-5-7-15-9-8-14-6-4-10-17-16(14)18-15;15-8-14-11(7-13(16)17)9-3-1-5-12-10(9)4-2-6-18-12/h8-9H,1-7,10-13H2,(H,17,18);1,3,5,8,11H,2,4,6-7H2,(H,14,15)(H,16,17). The number of piperidine rings is 1. The molecule has 1 aromatic heterocycles. The minimum Gasteiger partial charge on any atom is -0.493 e. The number of aromatic nitrogens is 1. The van der Waals surface area contributed by atoms with Gasteiger partial charge >= 0.3 is 5.97 Å². The molecule has 2 aromatic rings. The lowest BCUT2D eigenvalue weighted by molar-refractivity contribution is -0.137. The summed E-state index contributed by atoms with van der Waals surface area (Å²) < 4.78 is 5.53. The monoisotopic (exact) mass is 508 g/mol. The van der Waals surface area contributed by atoms with E-state index in [1.807, 2.05) is 18.2 Å². The Balaban J connectivity index is 0.000000173. The second-order valence-corrected chi connectivity index (χ2v) is 10.1. The average Bonchev–Trinajstić information content (AvgIpc) is 2.93. The molecule has 0 aliphatic carbocycles. The van der Waals surface area contributed by atoms with Crippen LogP contribution in [-0.4, -0.2) is 60.2 Å². The number of nitrogens with zero attached hydrogens (tertiary/aromatic N) is 2. The Bertz CT molecular complexity index is 1040. The van der Waals surface area contributed by atoms with Crippen molar-refractivity contribution in [3.8, 4) is 5.75 Å². The van der Waals surface area contributed by atoms with Crippen LogP contribution < -0.4 is 15.4 Å². The van der Waals surface area contributed by atoms with Gasteiger partial charge in [-0.05, 0) is 99.8 Å². The van der Waals surface area contributed by atoms with Crippen molar-refractivity contribution < 1.29 is 19.4 Å². The third kappa shape index (κ3) is 7.92. The van der Waals surface area contributed by atoms with E-state index in [1.165, 1.54) is 69.4 Å². The van der Waals surface area contributed by atoms with Gasteiger partial charge < -0.3 is 25.4 Å². The molecule has 3 aliphatic rings. The van der Waals surface area contributed by atoms with Crippen molar-refractivity contribution in [1.82, 2.24) is 15.2 Å². The van der Waals surface area contributed by atoms with Crippen molar-refractivity contribution in [2.45, 2.75) is 70.3 Å². The summed E-state index contributed by atoms with van der Waals surface area (Å²) in [6.07, 6.45) is 11.2.